The number of hydrogen-bond donors (Lipinski definition) is 2. The number of amides is 2. The van der Waals surface area contributed by atoms with Crippen LogP contribution < -0.4 is 11.1 Å². The normalized spacial score (nSPS) is 28.9. The zero-order valence-corrected chi connectivity index (χ0v) is 10.7. The van der Waals surface area contributed by atoms with Gasteiger partial charge in [-0.1, -0.05) is 31.4 Å². The molecule has 100 valence electrons. The monoisotopic (exact) mass is 250 g/mol. The topological polar surface area (TPSA) is 72.2 Å². The second kappa shape index (κ2) is 6.03. The van der Waals surface area contributed by atoms with Crippen LogP contribution in [0.5, 0.6) is 0 Å². The maximum Gasteiger partial charge on any atom is 0.223 e. The third kappa shape index (κ3) is 3.12. The van der Waals surface area contributed by atoms with Gasteiger partial charge in [-0.05, 0) is 25.7 Å². The second-order valence-corrected chi connectivity index (χ2v) is 5.40. The number of nitrogens with two attached hydrogens (primary N) is 1. The van der Waals surface area contributed by atoms with Gasteiger partial charge >= 0.3 is 0 Å². The van der Waals surface area contributed by atoms with E-state index in [-0.39, 0.29) is 29.7 Å². The first-order valence-electron chi connectivity index (χ1n) is 6.93. The van der Waals surface area contributed by atoms with E-state index in [1.807, 2.05) is 12.2 Å². The molecule has 2 rings (SSSR count). The van der Waals surface area contributed by atoms with Crippen LogP contribution in [0.1, 0.15) is 44.9 Å². The second-order valence-electron chi connectivity index (χ2n) is 5.40. The minimum atomic E-state index is -0.272. The Kier molecular flexibility index (Phi) is 4.39. The molecule has 2 unspecified atom stereocenters. The molecule has 2 atom stereocenters. The van der Waals surface area contributed by atoms with Crippen LogP contribution in [0, 0.1) is 11.8 Å². The maximum atomic E-state index is 12.1. The predicted molar refractivity (Wildman–Crippen MR) is 69.6 cm³/mol. The molecule has 2 amide bonds. The van der Waals surface area contributed by atoms with Crippen molar-refractivity contribution in [2.75, 3.05) is 0 Å². The molecule has 0 aliphatic heterocycles. The molecule has 3 N–H and O–H groups in total. The largest absolute Gasteiger partial charge is 0.369 e. The summed E-state index contributed by atoms with van der Waals surface area (Å²) in [6.45, 7) is 0. The minimum Gasteiger partial charge on any atom is -0.369 e. The summed E-state index contributed by atoms with van der Waals surface area (Å²) >= 11 is 0. The molecular weight excluding hydrogens is 228 g/mol. The number of allylic oxidation sites excluding steroid dienone is 2. The van der Waals surface area contributed by atoms with E-state index < -0.39 is 0 Å². The number of carbonyl (C=O) groups is 2. The molecule has 0 spiro atoms. The molecule has 1 fully saturated rings. The lowest BCUT2D eigenvalue weighted by molar-refractivity contribution is -0.127. The van der Waals surface area contributed by atoms with E-state index in [9.17, 15) is 9.59 Å². The Bertz CT molecular complexity index is 344. The molecule has 0 heterocycles. The van der Waals surface area contributed by atoms with Gasteiger partial charge in [0, 0.05) is 12.0 Å². The van der Waals surface area contributed by atoms with Gasteiger partial charge in [-0.2, -0.15) is 0 Å². The lowest BCUT2D eigenvalue weighted by Gasteiger charge is -2.25. The molecule has 4 heteroatoms. The zero-order chi connectivity index (χ0) is 13.0. The van der Waals surface area contributed by atoms with E-state index >= 15 is 0 Å². The van der Waals surface area contributed by atoms with Gasteiger partial charge in [0.1, 0.15) is 0 Å². The van der Waals surface area contributed by atoms with Crippen LogP contribution >= 0.6 is 0 Å². The van der Waals surface area contributed by atoms with Crippen molar-refractivity contribution in [1.29, 1.82) is 0 Å². The van der Waals surface area contributed by atoms with Crippen molar-refractivity contribution in [3.05, 3.63) is 12.2 Å². The summed E-state index contributed by atoms with van der Waals surface area (Å²) in [4.78, 5) is 23.6. The van der Waals surface area contributed by atoms with E-state index in [4.69, 9.17) is 5.73 Å². The first-order chi connectivity index (χ1) is 8.68. The lowest BCUT2D eigenvalue weighted by Crippen LogP contribution is -2.46. The van der Waals surface area contributed by atoms with Crippen molar-refractivity contribution in [2.24, 2.45) is 17.6 Å². The van der Waals surface area contributed by atoms with E-state index in [0.717, 1.165) is 44.9 Å². The van der Waals surface area contributed by atoms with Crippen molar-refractivity contribution in [2.45, 2.75) is 51.0 Å². The van der Waals surface area contributed by atoms with E-state index in [2.05, 4.69) is 5.32 Å². The molecule has 0 aromatic heterocycles. The lowest BCUT2D eigenvalue weighted by atomic mass is 9.93. The molecule has 0 bridgehead atoms. The van der Waals surface area contributed by atoms with Gasteiger partial charge in [-0.3, -0.25) is 9.59 Å². The number of primary amides is 1. The SMILES string of the molecule is NC(=O)C1CCCCCC1NC(=O)C1CC=CC1. The zero-order valence-electron chi connectivity index (χ0n) is 10.7. The fourth-order valence-corrected chi connectivity index (χ4v) is 2.95. The molecule has 4 nitrogen and oxygen atoms in total. The number of nitrogens with one attached hydrogen (secondary N) is 1. The quantitative estimate of drug-likeness (QED) is 0.588. The minimum absolute atomic E-state index is 0.0572. The van der Waals surface area contributed by atoms with E-state index in [0.29, 0.717) is 0 Å². The Hall–Kier alpha value is -1.32. The van der Waals surface area contributed by atoms with Crippen LogP contribution in [0.25, 0.3) is 0 Å². The average molecular weight is 250 g/mol. The van der Waals surface area contributed by atoms with Gasteiger partial charge in [-0.15, -0.1) is 0 Å². The standard InChI is InChI=1S/C14H22N2O2/c15-13(17)11-8-2-1-3-9-12(11)16-14(18)10-6-4-5-7-10/h4-5,10-12H,1-3,6-9H2,(H2,15,17)(H,16,18). The first-order valence-corrected chi connectivity index (χ1v) is 6.93. The average Bonchev–Trinajstić information content (AvgIpc) is 2.77. The summed E-state index contributed by atoms with van der Waals surface area (Å²) in [7, 11) is 0. The first kappa shape index (κ1) is 13.1. The van der Waals surface area contributed by atoms with Crippen LogP contribution in [0.4, 0.5) is 0 Å². The summed E-state index contributed by atoms with van der Waals surface area (Å²) in [5.74, 6) is -0.322. The molecule has 0 aromatic carbocycles. The fourth-order valence-electron chi connectivity index (χ4n) is 2.95. The number of hydrogen-bond acceptors (Lipinski definition) is 2. The van der Waals surface area contributed by atoms with Gasteiger partial charge in [0.2, 0.25) is 11.8 Å². The van der Waals surface area contributed by atoms with Crippen molar-refractivity contribution >= 4 is 11.8 Å². The predicted octanol–water partition coefficient (Wildman–Crippen LogP) is 1.50. The summed E-state index contributed by atoms with van der Waals surface area (Å²) in [5, 5.41) is 3.05. The van der Waals surface area contributed by atoms with Gasteiger partial charge < -0.3 is 11.1 Å². The molecule has 1 saturated carbocycles. The van der Waals surface area contributed by atoms with Crippen LogP contribution in [0.2, 0.25) is 0 Å². The van der Waals surface area contributed by atoms with Gasteiger partial charge in [-0.25, -0.2) is 0 Å². The Morgan fingerprint density at radius 3 is 2.39 bits per heavy atom. The molecular formula is C14H22N2O2. The molecule has 18 heavy (non-hydrogen) atoms. The van der Waals surface area contributed by atoms with Gasteiger partial charge in [0.05, 0.1) is 5.92 Å². The van der Waals surface area contributed by atoms with E-state index in [1.165, 1.54) is 0 Å². The number of carbonyl (C=O) groups excluding carboxylic acids is 2. The molecule has 0 saturated heterocycles. The fraction of sp³-hybridized carbons (Fsp3) is 0.714. The van der Waals surface area contributed by atoms with Crippen LogP contribution in [-0.4, -0.2) is 17.9 Å². The molecule has 0 aromatic rings. The van der Waals surface area contributed by atoms with Crippen LogP contribution in [0.15, 0.2) is 12.2 Å². The molecule has 2 aliphatic carbocycles. The summed E-state index contributed by atoms with van der Waals surface area (Å²) in [6, 6.07) is -0.0573. The highest BCUT2D eigenvalue weighted by atomic mass is 16.2. The molecule has 2 aliphatic rings. The third-order valence-corrected chi connectivity index (χ3v) is 4.09. The van der Waals surface area contributed by atoms with E-state index in [1.54, 1.807) is 0 Å². The van der Waals surface area contributed by atoms with Gasteiger partial charge in [0.15, 0.2) is 0 Å². The number of rotatable bonds is 3. The van der Waals surface area contributed by atoms with Crippen molar-refractivity contribution in [3.8, 4) is 0 Å². The Balaban J connectivity index is 1.95. The Morgan fingerprint density at radius 2 is 1.72 bits per heavy atom. The Labute approximate surface area is 108 Å². The smallest absolute Gasteiger partial charge is 0.223 e. The van der Waals surface area contributed by atoms with Crippen molar-refractivity contribution in [1.82, 2.24) is 5.32 Å². The highest BCUT2D eigenvalue weighted by Crippen LogP contribution is 2.25. The highest BCUT2D eigenvalue weighted by molar-refractivity contribution is 5.82. The molecule has 0 radical (unpaired) electrons. The maximum absolute atomic E-state index is 12.1. The van der Waals surface area contributed by atoms with Crippen molar-refractivity contribution in [3.63, 3.8) is 0 Å². The highest BCUT2D eigenvalue weighted by Gasteiger charge is 2.31. The Morgan fingerprint density at radius 1 is 1.06 bits per heavy atom. The van der Waals surface area contributed by atoms with Crippen LogP contribution in [0.3, 0.4) is 0 Å². The van der Waals surface area contributed by atoms with Crippen molar-refractivity contribution < 1.29 is 9.59 Å². The summed E-state index contributed by atoms with van der Waals surface area (Å²) in [6.07, 6.45) is 10.6. The third-order valence-electron chi connectivity index (χ3n) is 4.09. The van der Waals surface area contributed by atoms with Crippen LogP contribution in [-0.2, 0) is 9.59 Å². The summed E-state index contributed by atoms with van der Waals surface area (Å²) in [5.41, 5.74) is 5.45. The summed E-state index contributed by atoms with van der Waals surface area (Å²) < 4.78 is 0. The van der Waals surface area contributed by atoms with Gasteiger partial charge in [0.25, 0.3) is 0 Å².